The van der Waals surface area contributed by atoms with Gasteiger partial charge in [0.15, 0.2) is 0 Å². The summed E-state index contributed by atoms with van der Waals surface area (Å²) in [5, 5.41) is 2.75. The van der Waals surface area contributed by atoms with Crippen molar-refractivity contribution in [2.75, 3.05) is 44.5 Å². The number of pyridine rings is 2. The van der Waals surface area contributed by atoms with Crippen LogP contribution in [0.2, 0.25) is 0 Å². The third-order valence-corrected chi connectivity index (χ3v) is 7.49. The second kappa shape index (κ2) is 18.7. The Bertz CT molecular complexity index is 2000. The Morgan fingerprint density at radius 1 is 1.00 bits per heavy atom. The number of benzene rings is 1. The Kier molecular flexibility index (Phi) is 14.8. The number of carbonyl (C=O) groups excluding carboxylic acids is 3. The first-order valence-electron chi connectivity index (χ1n) is 16.1. The highest BCUT2D eigenvalue weighted by molar-refractivity contribution is 5.98. The molecule has 0 atom stereocenters. The Balaban J connectivity index is 0.000000272. The van der Waals surface area contributed by atoms with E-state index in [0.29, 0.717) is 54.3 Å². The van der Waals surface area contributed by atoms with Crippen LogP contribution in [0.1, 0.15) is 42.3 Å². The fraction of sp³-hybridized carbons (Fsp3) is 0.400. The smallest absolute Gasteiger partial charge is 0.379 e. The molecule has 4 aromatic rings. The third-order valence-electron chi connectivity index (χ3n) is 7.49. The van der Waals surface area contributed by atoms with Gasteiger partial charge in [-0.3, -0.25) is 28.7 Å². The van der Waals surface area contributed by atoms with Crippen LogP contribution in [-0.2, 0) is 30.8 Å². The number of aryl methyl sites for hydroxylation is 3. The van der Waals surface area contributed by atoms with Crippen molar-refractivity contribution < 1.29 is 46.2 Å². The van der Waals surface area contributed by atoms with Gasteiger partial charge in [-0.15, -0.1) is 0 Å². The summed E-state index contributed by atoms with van der Waals surface area (Å²) in [5.74, 6) is -2.40. The van der Waals surface area contributed by atoms with Crippen molar-refractivity contribution in [1.82, 2.24) is 24.4 Å². The Morgan fingerprint density at radius 2 is 1.66 bits per heavy atom. The van der Waals surface area contributed by atoms with E-state index in [4.69, 9.17) is 14.2 Å². The lowest BCUT2D eigenvalue weighted by Crippen LogP contribution is -2.38. The van der Waals surface area contributed by atoms with Gasteiger partial charge in [-0.1, -0.05) is 6.07 Å². The molecule has 0 radical (unpaired) electrons. The number of fused-ring (bicyclic) bond motifs is 1. The molecule has 14 nitrogen and oxygen atoms in total. The maximum atomic E-state index is 14.6. The topological polar surface area (TPSA) is 164 Å². The molecule has 0 unspecified atom stereocenters. The van der Waals surface area contributed by atoms with Gasteiger partial charge in [-0.05, 0) is 70.0 Å². The van der Waals surface area contributed by atoms with Gasteiger partial charge in [-0.2, -0.15) is 13.2 Å². The van der Waals surface area contributed by atoms with Crippen LogP contribution in [0.4, 0.5) is 23.2 Å². The molecule has 1 saturated heterocycles. The molecule has 3 aromatic heterocycles. The number of nitrogens with zero attached hydrogens (tertiary/aromatic N) is 5. The minimum Gasteiger partial charge on any atom is -0.427 e. The summed E-state index contributed by atoms with van der Waals surface area (Å²) < 4.78 is 60.9. The monoisotopic (exact) mass is 748 g/mol. The number of ether oxygens (including phenoxy) is 3. The van der Waals surface area contributed by atoms with E-state index in [1.54, 1.807) is 59.1 Å². The molecule has 4 heterocycles. The molecule has 286 valence electrons. The molecule has 0 aliphatic carbocycles. The summed E-state index contributed by atoms with van der Waals surface area (Å²) in [4.78, 5) is 70.5. The van der Waals surface area contributed by atoms with Crippen molar-refractivity contribution in [2.45, 2.75) is 41.3 Å². The molecule has 1 aliphatic heterocycles. The zero-order valence-electron chi connectivity index (χ0n) is 30.0. The van der Waals surface area contributed by atoms with E-state index in [9.17, 15) is 41.5 Å². The Labute approximate surface area is 301 Å². The number of anilines is 1. The standard InChI is InChI=1S/C20H27FN2O6.C14H12N4O2.CHF3/c1-13-9-14(23-5-7-27-8-6-23)10-15(21)17(13)18(25)22-11-16(24)28-12-29-19(26)20(2,3)4;1-9-3-4-12(16-7-9)18-13(19)10-5-6-15-8-11(10)17(2)14(18)20;2-1(3)4/h9-10H,5-8,11-12H2,1-4H3,(H,22,25);3-8H,1-2H3;1H. The van der Waals surface area contributed by atoms with Crippen molar-refractivity contribution in [1.29, 1.82) is 0 Å². The van der Waals surface area contributed by atoms with E-state index >= 15 is 0 Å². The van der Waals surface area contributed by atoms with Gasteiger partial charge in [0.2, 0.25) is 6.79 Å². The quantitative estimate of drug-likeness (QED) is 0.166. The van der Waals surface area contributed by atoms with Crippen LogP contribution in [0.5, 0.6) is 0 Å². The number of alkyl halides is 3. The molecule has 18 heteroatoms. The predicted molar refractivity (Wildman–Crippen MR) is 185 cm³/mol. The fourth-order valence-corrected chi connectivity index (χ4v) is 4.76. The van der Waals surface area contributed by atoms with E-state index in [1.807, 2.05) is 17.9 Å². The predicted octanol–water partition coefficient (Wildman–Crippen LogP) is 3.76. The second-order valence-corrected chi connectivity index (χ2v) is 12.5. The summed E-state index contributed by atoms with van der Waals surface area (Å²) in [7, 11) is 1.61. The van der Waals surface area contributed by atoms with Crippen molar-refractivity contribution in [2.24, 2.45) is 12.5 Å². The molecule has 0 saturated carbocycles. The fourth-order valence-electron chi connectivity index (χ4n) is 4.76. The van der Waals surface area contributed by atoms with Gasteiger partial charge in [0, 0.05) is 38.2 Å². The second-order valence-electron chi connectivity index (χ2n) is 12.5. The summed E-state index contributed by atoms with van der Waals surface area (Å²) in [6.07, 6.45) is 4.66. The minimum atomic E-state index is -3.67. The maximum Gasteiger partial charge on any atom is 0.379 e. The van der Waals surface area contributed by atoms with Gasteiger partial charge >= 0.3 is 24.3 Å². The van der Waals surface area contributed by atoms with Crippen LogP contribution in [0.25, 0.3) is 16.7 Å². The van der Waals surface area contributed by atoms with Gasteiger partial charge in [0.25, 0.3) is 11.5 Å². The van der Waals surface area contributed by atoms with Crippen LogP contribution in [-0.4, -0.2) is 83.3 Å². The largest absolute Gasteiger partial charge is 0.427 e. The number of hydrogen-bond donors (Lipinski definition) is 1. The van der Waals surface area contributed by atoms with Crippen LogP contribution in [0, 0.1) is 25.1 Å². The SMILES string of the molecule is Cc1cc(N2CCOCC2)cc(F)c1C(=O)NCC(=O)OCOC(=O)C(C)(C)C.Cc1ccc(-n2c(=O)c3ccncc3n(C)c2=O)nc1.FC(F)F. The zero-order chi connectivity index (χ0) is 39.5. The van der Waals surface area contributed by atoms with E-state index < -0.39 is 54.8 Å². The number of esters is 2. The van der Waals surface area contributed by atoms with Crippen LogP contribution in [0.15, 0.2) is 58.5 Å². The van der Waals surface area contributed by atoms with Crippen molar-refractivity contribution >= 4 is 34.4 Å². The highest BCUT2D eigenvalue weighted by atomic mass is 19.4. The van der Waals surface area contributed by atoms with Gasteiger partial charge in [0.1, 0.15) is 18.2 Å². The van der Waals surface area contributed by atoms with Crippen LogP contribution < -0.4 is 21.5 Å². The number of amides is 1. The minimum absolute atomic E-state index is 0.131. The lowest BCUT2D eigenvalue weighted by Gasteiger charge is -2.29. The van der Waals surface area contributed by atoms with Crippen LogP contribution in [0.3, 0.4) is 0 Å². The summed E-state index contributed by atoms with van der Waals surface area (Å²) in [6.45, 7) is 6.26. The molecule has 1 amide bonds. The van der Waals surface area contributed by atoms with E-state index in [0.717, 1.165) is 10.1 Å². The normalized spacial score (nSPS) is 12.6. The number of morpholine rings is 1. The Morgan fingerprint density at radius 3 is 2.25 bits per heavy atom. The van der Waals surface area contributed by atoms with E-state index in [2.05, 4.69) is 15.3 Å². The van der Waals surface area contributed by atoms with E-state index in [-0.39, 0.29) is 11.1 Å². The number of aromatic nitrogens is 4. The number of hydrogen-bond acceptors (Lipinski definition) is 11. The zero-order valence-corrected chi connectivity index (χ0v) is 30.0. The number of halogens is 4. The summed E-state index contributed by atoms with van der Waals surface area (Å²) in [5.41, 5.74) is 0.928. The molecule has 0 bridgehead atoms. The first-order valence-corrected chi connectivity index (χ1v) is 16.1. The lowest BCUT2D eigenvalue weighted by molar-refractivity contribution is -0.172. The van der Waals surface area contributed by atoms with Crippen molar-refractivity contribution in [3.63, 3.8) is 0 Å². The Hall–Kier alpha value is -5.65. The summed E-state index contributed by atoms with van der Waals surface area (Å²) in [6, 6.07) is 8.10. The first kappa shape index (κ1) is 41.8. The molecule has 53 heavy (non-hydrogen) atoms. The number of nitrogens with one attached hydrogen (secondary N) is 1. The molecule has 1 N–H and O–H groups in total. The van der Waals surface area contributed by atoms with Crippen molar-refractivity contribution in [3.05, 3.63) is 92.3 Å². The maximum absolute atomic E-state index is 14.6. The average molecular weight is 749 g/mol. The van der Waals surface area contributed by atoms with E-state index in [1.165, 1.54) is 23.0 Å². The highest BCUT2D eigenvalue weighted by Crippen LogP contribution is 2.23. The first-order chi connectivity index (χ1) is 24.9. The molecular weight excluding hydrogens is 708 g/mol. The molecule has 1 aliphatic rings. The third kappa shape index (κ3) is 11.7. The van der Waals surface area contributed by atoms with Crippen molar-refractivity contribution in [3.8, 4) is 5.82 Å². The van der Waals surface area contributed by atoms with Gasteiger partial charge in [-0.25, -0.2) is 18.7 Å². The summed E-state index contributed by atoms with van der Waals surface area (Å²) >= 11 is 0. The highest BCUT2D eigenvalue weighted by Gasteiger charge is 2.24. The van der Waals surface area contributed by atoms with Crippen LogP contribution >= 0.6 is 0 Å². The van der Waals surface area contributed by atoms with Gasteiger partial charge in [0.05, 0.1) is 41.3 Å². The molecular formula is C35H40F4N6O8. The molecule has 1 aromatic carbocycles. The lowest BCUT2D eigenvalue weighted by atomic mass is 9.98. The molecule has 1 fully saturated rings. The molecule has 5 rings (SSSR count). The molecule has 0 spiro atoms. The number of carbonyl (C=O) groups is 3. The number of rotatable bonds is 7. The average Bonchev–Trinajstić information content (AvgIpc) is 3.10. The van der Waals surface area contributed by atoms with Gasteiger partial charge < -0.3 is 24.4 Å².